The number of allylic oxidation sites excluding steroid dienone is 2. The van der Waals surface area contributed by atoms with E-state index in [-0.39, 0.29) is 5.41 Å². The van der Waals surface area contributed by atoms with Gasteiger partial charge in [0.1, 0.15) is 0 Å². The second kappa shape index (κ2) is 8.76. The number of ether oxygens (including phenoxy) is 1. The fourth-order valence-electron chi connectivity index (χ4n) is 2.15. The first-order valence-corrected chi connectivity index (χ1v) is 7.61. The minimum absolute atomic E-state index is 0.219. The molecule has 0 amide bonds. The number of unbranched alkanes of at least 4 members (excludes halogenated alkanes) is 1. The molecule has 0 aliphatic carbocycles. The molecule has 0 fully saturated rings. The van der Waals surface area contributed by atoms with Crippen molar-refractivity contribution in [3.63, 3.8) is 0 Å². The first kappa shape index (κ1) is 18.7. The fourth-order valence-corrected chi connectivity index (χ4v) is 2.15. The van der Waals surface area contributed by atoms with Gasteiger partial charge in [-0.2, -0.15) is 0 Å². The van der Waals surface area contributed by atoms with Gasteiger partial charge in [0.25, 0.3) is 0 Å². The van der Waals surface area contributed by atoms with E-state index in [1.165, 1.54) is 19.3 Å². The molecular formula is C17H34O2. The molecule has 114 valence electrons. The Hall–Kier alpha value is -0.340. The molecule has 19 heavy (non-hydrogen) atoms. The molecule has 0 heterocycles. The standard InChI is InChI=1S/C17H34O2/c1-7-8-11-16(2,3)12-9-13-17(4,5)14-10-15(18)19-6/h9,12,15,18H,7-8,10-11,13-14H2,1-6H3/b12-9-. The van der Waals surface area contributed by atoms with Crippen molar-refractivity contribution in [3.8, 4) is 0 Å². The topological polar surface area (TPSA) is 29.5 Å². The highest BCUT2D eigenvalue weighted by molar-refractivity contribution is 4.96. The summed E-state index contributed by atoms with van der Waals surface area (Å²) >= 11 is 0. The summed E-state index contributed by atoms with van der Waals surface area (Å²) in [7, 11) is 1.55. The summed E-state index contributed by atoms with van der Waals surface area (Å²) in [5.41, 5.74) is 0.523. The van der Waals surface area contributed by atoms with Crippen molar-refractivity contribution in [2.45, 2.75) is 79.4 Å². The Morgan fingerprint density at radius 2 is 1.79 bits per heavy atom. The van der Waals surface area contributed by atoms with Crippen LogP contribution in [0.15, 0.2) is 12.2 Å². The molecule has 0 bridgehead atoms. The van der Waals surface area contributed by atoms with Gasteiger partial charge in [-0.25, -0.2) is 0 Å². The molecule has 2 heteroatoms. The van der Waals surface area contributed by atoms with E-state index in [0.29, 0.717) is 11.8 Å². The molecule has 0 saturated carbocycles. The zero-order chi connectivity index (χ0) is 14.9. The Labute approximate surface area is 120 Å². The van der Waals surface area contributed by atoms with Crippen LogP contribution in [0.2, 0.25) is 0 Å². The maximum Gasteiger partial charge on any atom is 0.154 e. The number of aliphatic hydroxyl groups is 1. The average Bonchev–Trinajstić information content (AvgIpc) is 2.33. The summed E-state index contributed by atoms with van der Waals surface area (Å²) in [4.78, 5) is 0. The summed E-state index contributed by atoms with van der Waals surface area (Å²) in [6.45, 7) is 11.4. The lowest BCUT2D eigenvalue weighted by atomic mass is 9.81. The summed E-state index contributed by atoms with van der Waals surface area (Å²) in [5, 5.41) is 9.43. The van der Waals surface area contributed by atoms with Gasteiger partial charge in [0.15, 0.2) is 6.29 Å². The van der Waals surface area contributed by atoms with E-state index < -0.39 is 6.29 Å². The van der Waals surface area contributed by atoms with Gasteiger partial charge in [-0.15, -0.1) is 0 Å². The SMILES string of the molecule is CCCCC(C)(C)/C=C\CC(C)(C)CCC(O)OC. The van der Waals surface area contributed by atoms with Crippen molar-refractivity contribution in [2.24, 2.45) is 10.8 Å². The summed E-state index contributed by atoms with van der Waals surface area (Å²) < 4.78 is 4.89. The van der Waals surface area contributed by atoms with Crippen molar-refractivity contribution < 1.29 is 9.84 Å². The first-order valence-electron chi connectivity index (χ1n) is 7.61. The van der Waals surface area contributed by atoms with E-state index in [2.05, 4.69) is 46.8 Å². The Kier molecular flexibility index (Phi) is 8.60. The van der Waals surface area contributed by atoms with Gasteiger partial charge in [0.05, 0.1) is 0 Å². The van der Waals surface area contributed by atoms with Crippen molar-refractivity contribution >= 4 is 0 Å². The lowest BCUT2D eigenvalue weighted by Crippen LogP contribution is -2.17. The van der Waals surface area contributed by atoms with Crippen LogP contribution in [0.4, 0.5) is 0 Å². The fraction of sp³-hybridized carbons (Fsp3) is 0.882. The molecule has 1 N–H and O–H groups in total. The van der Waals surface area contributed by atoms with E-state index in [1.807, 2.05) is 0 Å². The van der Waals surface area contributed by atoms with E-state index in [9.17, 15) is 5.11 Å². The van der Waals surface area contributed by atoms with Crippen LogP contribution in [0, 0.1) is 10.8 Å². The maximum absolute atomic E-state index is 9.43. The molecule has 1 unspecified atom stereocenters. The minimum atomic E-state index is -0.621. The van der Waals surface area contributed by atoms with Crippen LogP contribution in [0.1, 0.15) is 73.1 Å². The number of methoxy groups -OCH3 is 1. The highest BCUT2D eigenvalue weighted by Gasteiger charge is 2.19. The number of hydrogen-bond acceptors (Lipinski definition) is 2. The third-order valence-electron chi connectivity index (χ3n) is 3.75. The molecule has 0 spiro atoms. The lowest BCUT2D eigenvalue weighted by Gasteiger charge is -2.25. The molecule has 2 nitrogen and oxygen atoms in total. The maximum atomic E-state index is 9.43. The number of rotatable bonds is 10. The molecule has 1 atom stereocenters. The van der Waals surface area contributed by atoms with Gasteiger partial charge in [-0.1, -0.05) is 59.6 Å². The number of aliphatic hydroxyl groups excluding tert-OH is 1. The van der Waals surface area contributed by atoms with Crippen molar-refractivity contribution in [2.75, 3.05) is 7.11 Å². The summed E-state index contributed by atoms with van der Waals surface area (Å²) in [5.74, 6) is 0. The Morgan fingerprint density at radius 1 is 1.16 bits per heavy atom. The quantitative estimate of drug-likeness (QED) is 0.451. The summed E-state index contributed by atoms with van der Waals surface area (Å²) in [6, 6.07) is 0. The molecule has 0 aromatic heterocycles. The highest BCUT2D eigenvalue weighted by atomic mass is 16.6. The molecule has 0 aliphatic rings. The predicted molar refractivity (Wildman–Crippen MR) is 83.1 cm³/mol. The van der Waals surface area contributed by atoms with Crippen LogP contribution in [-0.4, -0.2) is 18.5 Å². The zero-order valence-corrected chi connectivity index (χ0v) is 13.8. The molecule has 0 aromatic carbocycles. The van der Waals surface area contributed by atoms with Gasteiger partial charge in [-0.05, 0) is 36.5 Å². The Morgan fingerprint density at radius 3 is 2.32 bits per heavy atom. The van der Waals surface area contributed by atoms with Crippen molar-refractivity contribution in [3.05, 3.63) is 12.2 Å². The second-order valence-electron chi connectivity index (χ2n) is 7.09. The van der Waals surface area contributed by atoms with E-state index in [0.717, 1.165) is 12.8 Å². The monoisotopic (exact) mass is 270 g/mol. The average molecular weight is 270 g/mol. The van der Waals surface area contributed by atoms with Crippen LogP contribution in [0.3, 0.4) is 0 Å². The van der Waals surface area contributed by atoms with E-state index >= 15 is 0 Å². The van der Waals surface area contributed by atoms with Crippen LogP contribution >= 0.6 is 0 Å². The molecule has 0 rings (SSSR count). The van der Waals surface area contributed by atoms with Crippen LogP contribution < -0.4 is 0 Å². The zero-order valence-electron chi connectivity index (χ0n) is 13.8. The Bertz CT molecular complexity index is 254. The molecule has 0 radical (unpaired) electrons. The van der Waals surface area contributed by atoms with Crippen LogP contribution in [0.25, 0.3) is 0 Å². The largest absolute Gasteiger partial charge is 0.368 e. The van der Waals surface area contributed by atoms with Gasteiger partial charge in [-0.3, -0.25) is 0 Å². The first-order chi connectivity index (χ1) is 8.72. The normalized spacial score (nSPS) is 15.1. The minimum Gasteiger partial charge on any atom is -0.368 e. The third-order valence-corrected chi connectivity index (χ3v) is 3.75. The molecule has 0 saturated heterocycles. The van der Waals surface area contributed by atoms with Crippen LogP contribution in [-0.2, 0) is 4.74 Å². The third kappa shape index (κ3) is 10.1. The molecule has 0 aliphatic heterocycles. The van der Waals surface area contributed by atoms with Crippen molar-refractivity contribution in [1.82, 2.24) is 0 Å². The second-order valence-corrected chi connectivity index (χ2v) is 7.09. The lowest BCUT2D eigenvalue weighted by molar-refractivity contribution is -0.0835. The summed E-state index contributed by atoms with van der Waals surface area (Å²) in [6.07, 6.45) is 10.6. The van der Waals surface area contributed by atoms with E-state index in [4.69, 9.17) is 4.74 Å². The van der Waals surface area contributed by atoms with Gasteiger partial charge in [0, 0.05) is 7.11 Å². The van der Waals surface area contributed by atoms with Gasteiger partial charge in [0.2, 0.25) is 0 Å². The van der Waals surface area contributed by atoms with Gasteiger partial charge >= 0.3 is 0 Å². The van der Waals surface area contributed by atoms with Crippen LogP contribution in [0.5, 0.6) is 0 Å². The predicted octanol–water partition coefficient (Wildman–Crippen LogP) is 4.92. The number of hydrogen-bond donors (Lipinski definition) is 1. The molecule has 0 aromatic rings. The molecular weight excluding hydrogens is 236 g/mol. The highest BCUT2D eigenvalue weighted by Crippen LogP contribution is 2.30. The smallest absolute Gasteiger partial charge is 0.154 e. The van der Waals surface area contributed by atoms with E-state index in [1.54, 1.807) is 7.11 Å². The van der Waals surface area contributed by atoms with Crippen molar-refractivity contribution in [1.29, 1.82) is 0 Å². The van der Waals surface area contributed by atoms with Gasteiger partial charge < -0.3 is 9.84 Å². The Balaban J connectivity index is 4.13.